The lowest BCUT2D eigenvalue weighted by Gasteiger charge is -2.06. The summed E-state index contributed by atoms with van der Waals surface area (Å²) in [6.07, 6.45) is 1.56. The van der Waals surface area contributed by atoms with Crippen molar-refractivity contribution in [2.45, 2.75) is 38.3 Å². The topological polar surface area (TPSA) is 64.0 Å². The number of aryl methyl sites for hydroxylation is 1. The second kappa shape index (κ2) is 6.17. The van der Waals surface area contributed by atoms with Crippen LogP contribution in [-0.4, -0.2) is 18.2 Å². The highest BCUT2D eigenvalue weighted by Gasteiger charge is 2.20. The van der Waals surface area contributed by atoms with Crippen LogP contribution in [0.1, 0.15) is 31.1 Å². The number of nitrogens with zero attached hydrogens (tertiary/aromatic N) is 2. The fraction of sp³-hybridized carbons (Fsp3) is 0.357. The highest BCUT2D eigenvalue weighted by Crippen LogP contribution is 2.17. The van der Waals surface area contributed by atoms with Crippen LogP contribution >= 0.6 is 11.6 Å². The van der Waals surface area contributed by atoms with Crippen molar-refractivity contribution in [3.63, 3.8) is 0 Å². The van der Waals surface area contributed by atoms with E-state index in [1.165, 1.54) is 0 Å². The quantitative estimate of drug-likeness (QED) is 0.918. The first-order valence-corrected chi connectivity index (χ1v) is 8.45. The minimum absolute atomic E-state index is 0.115. The lowest BCUT2D eigenvalue weighted by Crippen LogP contribution is -2.23. The van der Waals surface area contributed by atoms with Gasteiger partial charge in [-0.25, -0.2) is 13.1 Å². The van der Waals surface area contributed by atoms with Crippen molar-refractivity contribution in [3.05, 3.63) is 46.7 Å². The normalized spacial score (nSPS) is 12.0. The van der Waals surface area contributed by atoms with Crippen molar-refractivity contribution in [1.29, 1.82) is 0 Å². The fourth-order valence-electron chi connectivity index (χ4n) is 1.85. The second-order valence-corrected chi connectivity index (χ2v) is 7.28. The van der Waals surface area contributed by atoms with Crippen LogP contribution in [0.5, 0.6) is 0 Å². The maximum Gasteiger partial charge on any atom is 0.244 e. The predicted octanol–water partition coefficient (Wildman–Crippen LogP) is 2.90. The van der Waals surface area contributed by atoms with Gasteiger partial charge in [0.05, 0.1) is 5.69 Å². The van der Waals surface area contributed by atoms with Gasteiger partial charge in [0.1, 0.15) is 4.90 Å². The summed E-state index contributed by atoms with van der Waals surface area (Å²) in [5.41, 5.74) is 1.34. The Morgan fingerprint density at radius 1 is 1.29 bits per heavy atom. The standard InChI is InChI=1S/C14H18ClN3O2S/c1-10(2)18-9-14(11(3)17-18)21(19,20)16-8-12-4-6-13(15)7-5-12/h4-7,9-10,16H,8H2,1-3H3. The van der Waals surface area contributed by atoms with Crippen LogP contribution < -0.4 is 4.72 Å². The third kappa shape index (κ3) is 3.84. The van der Waals surface area contributed by atoms with E-state index in [0.717, 1.165) is 5.56 Å². The highest BCUT2D eigenvalue weighted by molar-refractivity contribution is 7.89. The van der Waals surface area contributed by atoms with Gasteiger partial charge in [-0.1, -0.05) is 23.7 Å². The first kappa shape index (κ1) is 16.0. The molecule has 2 rings (SSSR count). The molecule has 5 nitrogen and oxygen atoms in total. The zero-order valence-electron chi connectivity index (χ0n) is 12.2. The summed E-state index contributed by atoms with van der Waals surface area (Å²) >= 11 is 5.80. The monoisotopic (exact) mass is 327 g/mol. The molecule has 0 spiro atoms. The van der Waals surface area contributed by atoms with Gasteiger partial charge >= 0.3 is 0 Å². The van der Waals surface area contributed by atoms with Crippen LogP contribution in [0.3, 0.4) is 0 Å². The van der Waals surface area contributed by atoms with Crippen LogP contribution in [0.4, 0.5) is 0 Å². The third-order valence-electron chi connectivity index (χ3n) is 3.07. The van der Waals surface area contributed by atoms with E-state index in [0.29, 0.717) is 10.7 Å². The predicted molar refractivity (Wildman–Crippen MR) is 82.8 cm³/mol. The molecule has 0 radical (unpaired) electrons. The molecule has 1 heterocycles. The van der Waals surface area contributed by atoms with Gasteiger partial charge in [-0.15, -0.1) is 0 Å². The smallest absolute Gasteiger partial charge is 0.244 e. The molecule has 0 aliphatic heterocycles. The number of halogens is 1. The summed E-state index contributed by atoms with van der Waals surface area (Å²) in [5.74, 6) is 0. The van der Waals surface area contributed by atoms with Gasteiger partial charge in [0.15, 0.2) is 0 Å². The number of aromatic nitrogens is 2. The molecule has 21 heavy (non-hydrogen) atoms. The van der Waals surface area contributed by atoms with E-state index in [4.69, 9.17) is 11.6 Å². The van der Waals surface area contributed by atoms with Gasteiger partial charge in [-0.05, 0) is 38.5 Å². The van der Waals surface area contributed by atoms with Gasteiger partial charge in [-0.3, -0.25) is 4.68 Å². The Morgan fingerprint density at radius 2 is 1.90 bits per heavy atom. The van der Waals surface area contributed by atoms with Crippen LogP contribution in [0.25, 0.3) is 0 Å². The lowest BCUT2D eigenvalue weighted by atomic mass is 10.2. The van der Waals surface area contributed by atoms with Crippen molar-refractivity contribution in [3.8, 4) is 0 Å². The van der Waals surface area contributed by atoms with Crippen molar-refractivity contribution < 1.29 is 8.42 Å². The number of benzene rings is 1. The number of hydrogen-bond acceptors (Lipinski definition) is 3. The van der Waals surface area contributed by atoms with E-state index >= 15 is 0 Å². The Hall–Kier alpha value is -1.37. The van der Waals surface area contributed by atoms with Crippen LogP contribution in [-0.2, 0) is 16.6 Å². The summed E-state index contributed by atoms with van der Waals surface area (Å²) < 4.78 is 28.9. The Balaban J connectivity index is 2.16. The summed E-state index contributed by atoms with van der Waals surface area (Å²) in [6.45, 7) is 5.80. The lowest BCUT2D eigenvalue weighted by molar-refractivity contribution is 0.528. The van der Waals surface area contributed by atoms with E-state index in [2.05, 4.69) is 9.82 Å². The molecule has 0 aliphatic carbocycles. The van der Waals surface area contributed by atoms with Crippen molar-refractivity contribution in [2.24, 2.45) is 0 Å². The van der Waals surface area contributed by atoms with E-state index in [-0.39, 0.29) is 17.5 Å². The molecular weight excluding hydrogens is 310 g/mol. The number of rotatable bonds is 5. The first-order valence-electron chi connectivity index (χ1n) is 6.59. The molecule has 0 fully saturated rings. The molecule has 0 bridgehead atoms. The first-order chi connectivity index (χ1) is 9.79. The zero-order chi connectivity index (χ0) is 15.6. The molecule has 0 saturated heterocycles. The average Bonchev–Trinajstić information content (AvgIpc) is 2.81. The molecule has 2 aromatic rings. The van der Waals surface area contributed by atoms with Gasteiger partial charge in [0.25, 0.3) is 0 Å². The minimum Gasteiger partial charge on any atom is -0.269 e. The van der Waals surface area contributed by atoms with Gasteiger partial charge in [-0.2, -0.15) is 5.10 Å². The second-order valence-electron chi connectivity index (χ2n) is 5.10. The zero-order valence-corrected chi connectivity index (χ0v) is 13.7. The maximum atomic E-state index is 12.3. The van der Waals surface area contributed by atoms with Gasteiger partial charge in [0.2, 0.25) is 10.0 Å². The summed E-state index contributed by atoms with van der Waals surface area (Å²) in [4.78, 5) is 0.213. The molecule has 0 amide bonds. The molecule has 0 unspecified atom stereocenters. The number of hydrogen-bond donors (Lipinski definition) is 1. The maximum absolute atomic E-state index is 12.3. The molecule has 1 aromatic heterocycles. The van der Waals surface area contributed by atoms with Crippen molar-refractivity contribution in [2.75, 3.05) is 0 Å². The molecule has 1 aromatic carbocycles. The molecular formula is C14H18ClN3O2S. The van der Waals surface area contributed by atoms with Crippen LogP contribution in [0.2, 0.25) is 5.02 Å². The highest BCUT2D eigenvalue weighted by atomic mass is 35.5. The molecule has 1 N–H and O–H groups in total. The molecule has 0 aliphatic rings. The fourth-order valence-corrected chi connectivity index (χ4v) is 3.17. The Labute approximate surface area is 130 Å². The number of nitrogens with one attached hydrogen (secondary N) is 1. The van der Waals surface area contributed by atoms with Gasteiger partial charge < -0.3 is 0 Å². The Morgan fingerprint density at radius 3 is 2.43 bits per heavy atom. The summed E-state index contributed by atoms with van der Waals surface area (Å²) in [6, 6.07) is 7.15. The molecule has 114 valence electrons. The average molecular weight is 328 g/mol. The van der Waals surface area contributed by atoms with Crippen LogP contribution in [0.15, 0.2) is 35.4 Å². The minimum atomic E-state index is -3.58. The third-order valence-corrected chi connectivity index (χ3v) is 4.83. The largest absolute Gasteiger partial charge is 0.269 e. The molecule has 0 atom stereocenters. The Kier molecular flexibility index (Phi) is 4.70. The number of sulfonamides is 1. The van der Waals surface area contributed by atoms with E-state index in [1.807, 2.05) is 13.8 Å². The van der Waals surface area contributed by atoms with E-state index in [9.17, 15) is 8.42 Å². The molecule has 7 heteroatoms. The molecule has 0 saturated carbocycles. The van der Waals surface area contributed by atoms with E-state index < -0.39 is 10.0 Å². The Bertz CT molecular complexity index is 721. The SMILES string of the molecule is Cc1nn(C(C)C)cc1S(=O)(=O)NCc1ccc(Cl)cc1. The summed E-state index contributed by atoms with van der Waals surface area (Å²) in [7, 11) is -3.58. The van der Waals surface area contributed by atoms with Crippen LogP contribution in [0, 0.1) is 6.92 Å². The van der Waals surface area contributed by atoms with Crippen molar-refractivity contribution in [1.82, 2.24) is 14.5 Å². The van der Waals surface area contributed by atoms with Crippen molar-refractivity contribution >= 4 is 21.6 Å². The van der Waals surface area contributed by atoms with Gasteiger partial charge in [0, 0.05) is 23.8 Å². The van der Waals surface area contributed by atoms with E-state index in [1.54, 1.807) is 42.1 Å². The summed E-state index contributed by atoms with van der Waals surface area (Å²) in [5, 5.41) is 4.84.